The van der Waals surface area contributed by atoms with Crippen LogP contribution in [0.15, 0.2) is 0 Å². The number of anilines is 3. The lowest BCUT2D eigenvalue weighted by atomic mass is 10.3. The Balaban J connectivity index is 2.82. The first-order chi connectivity index (χ1) is 7.67. The summed E-state index contributed by atoms with van der Waals surface area (Å²) in [7, 11) is 0. The van der Waals surface area contributed by atoms with Crippen molar-refractivity contribution in [3.05, 3.63) is 0 Å². The third kappa shape index (κ3) is 3.50. The minimum Gasteiger partial charge on any atom is -0.368 e. The van der Waals surface area contributed by atoms with Crippen LogP contribution in [0.4, 0.5) is 17.8 Å². The summed E-state index contributed by atoms with van der Waals surface area (Å²) in [5.74, 6) is 0.563. The van der Waals surface area contributed by atoms with Crippen LogP contribution in [-0.4, -0.2) is 28.1 Å². The van der Waals surface area contributed by atoms with E-state index in [4.69, 9.17) is 16.3 Å². The highest BCUT2D eigenvalue weighted by molar-refractivity contribution is 5.37. The molecule has 90 valence electrons. The largest absolute Gasteiger partial charge is 0.368 e. The molecule has 1 aromatic heterocycles. The molecule has 0 aliphatic rings. The Morgan fingerprint density at radius 1 is 1.12 bits per heavy atom. The summed E-state index contributed by atoms with van der Waals surface area (Å²) in [4.78, 5) is 17.1. The molecule has 0 aliphatic carbocycles. The molecule has 0 amide bonds. The van der Waals surface area contributed by atoms with E-state index in [-0.39, 0.29) is 11.9 Å². The lowest BCUT2D eigenvalue weighted by molar-refractivity contribution is 0.115. The predicted molar refractivity (Wildman–Crippen MR) is 62.5 cm³/mol. The number of nitrogens with zero attached hydrogens (tertiary/aromatic N) is 4. The second kappa shape index (κ2) is 6.06. The van der Waals surface area contributed by atoms with E-state index in [0.717, 1.165) is 12.8 Å². The molecule has 0 radical (unpaired) electrons. The van der Waals surface area contributed by atoms with Crippen LogP contribution in [-0.2, 0) is 4.84 Å². The van der Waals surface area contributed by atoms with Gasteiger partial charge in [-0.3, -0.25) is 4.84 Å². The van der Waals surface area contributed by atoms with Gasteiger partial charge in [-0.15, -0.1) is 0 Å². The van der Waals surface area contributed by atoms with Gasteiger partial charge in [-0.1, -0.05) is 13.3 Å². The van der Waals surface area contributed by atoms with Crippen LogP contribution in [0.5, 0.6) is 0 Å². The molecule has 0 saturated carbocycles. The molecule has 0 saturated heterocycles. The van der Waals surface area contributed by atoms with E-state index in [1.54, 1.807) is 5.06 Å². The number of aromatic nitrogens is 3. The lowest BCUT2D eigenvalue weighted by Gasteiger charge is -2.20. The number of unbranched alkanes of at least 4 members (excludes halogenated alkanes) is 1. The zero-order valence-electron chi connectivity index (χ0n) is 9.68. The molecular weight excluding hydrogens is 208 g/mol. The maximum atomic E-state index is 5.50. The van der Waals surface area contributed by atoms with Crippen LogP contribution in [0, 0.1) is 0 Å². The van der Waals surface area contributed by atoms with Gasteiger partial charge < -0.3 is 11.5 Å². The van der Waals surface area contributed by atoms with E-state index in [1.807, 2.05) is 6.92 Å². The highest BCUT2D eigenvalue weighted by Gasteiger charge is 2.11. The summed E-state index contributed by atoms with van der Waals surface area (Å²) in [6.07, 6.45) is 2.03. The van der Waals surface area contributed by atoms with Gasteiger partial charge in [-0.05, 0) is 13.3 Å². The fourth-order valence-electron chi connectivity index (χ4n) is 1.19. The van der Waals surface area contributed by atoms with Crippen molar-refractivity contribution in [3.8, 4) is 0 Å². The Hall–Kier alpha value is -1.63. The second-order valence-electron chi connectivity index (χ2n) is 3.23. The molecule has 0 unspecified atom stereocenters. The molecule has 0 aromatic carbocycles. The van der Waals surface area contributed by atoms with Crippen LogP contribution >= 0.6 is 0 Å². The maximum absolute atomic E-state index is 5.50. The SMILES string of the molecule is CCCCN(OCC)c1nc(N)nc(N)n1. The number of nitrogen functional groups attached to an aromatic ring is 2. The normalized spacial score (nSPS) is 10.4. The molecule has 7 heteroatoms. The van der Waals surface area contributed by atoms with Crippen molar-refractivity contribution in [2.75, 3.05) is 29.7 Å². The highest BCUT2D eigenvalue weighted by Crippen LogP contribution is 2.11. The molecule has 1 aromatic rings. The lowest BCUT2D eigenvalue weighted by Crippen LogP contribution is -2.27. The number of hydroxylamine groups is 1. The van der Waals surface area contributed by atoms with Crippen molar-refractivity contribution in [1.29, 1.82) is 0 Å². The molecule has 1 heterocycles. The quantitative estimate of drug-likeness (QED) is 0.684. The Morgan fingerprint density at radius 2 is 1.75 bits per heavy atom. The first-order valence-electron chi connectivity index (χ1n) is 5.34. The minimum absolute atomic E-state index is 0.101. The van der Waals surface area contributed by atoms with Crippen molar-refractivity contribution < 1.29 is 4.84 Å². The van der Waals surface area contributed by atoms with Crippen LogP contribution in [0.1, 0.15) is 26.7 Å². The molecule has 0 atom stereocenters. The molecule has 1 rings (SSSR count). The molecule has 4 N–H and O–H groups in total. The number of nitrogens with two attached hydrogens (primary N) is 2. The van der Waals surface area contributed by atoms with Crippen LogP contribution in [0.3, 0.4) is 0 Å². The molecule has 0 fully saturated rings. The summed E-state index contributed by atoms with van der Waals surface area (Å²) < 4.78 is 0. The van der Waals surface area contributed by atoms with Gasteiger partial charge in [-0.2, -0.15) is 15.0 Å². The molecule has 0 bridgehead atoms. The van der Waals surface area contributed by atoms with Gasteiger partial charge in [0.05, 0.1) is 6.61 Å². The van der Waals surface area contributed by atoms with Crippen molar-refractivity contribution in [2.45, 2.75) is 26.7 Å². The fourth-order valence-corrected chi connectivity index (χ4v) is 1.19. The van der Waals surface area contributed by atoms with Gasteiger partial charge >= 0.3 is 0 Å². The summed E-state index contributed by atoms with van der Waals surface area (Å²) in [5, 5.41) is 1.60. The van der Waals surface area contributed by atoms with Crippen molar-refractivity contribution in [1.82, 2.24) is 15.0 Å². The van der Waals surface area contributed by atoms with Crippen LogP contribution in [0.2, 0.25) is 0 Å². The van der Waals surface area contributed by atoms with Gasteiger partial charge in [0.25, 0.3) is 5.95 Å². The predicted octanol–water partition coefficient (Wildman–Crippen LogP) is 0.594. The molecule has 0 aliphatic heterocycles. The Bertz CT molecular complexity index is 312. The highest BCUT2D eigenvalue weighted by atomic mass is 16.7. The zero-order chi connectivity index (χ0) is 12.0. The maximum Gasteiger partial charge on any atom is 0.256 e. The molecular formula is C9H18N6O. The van der Waals surface area contributed by atoms with E-state index in [1.165, 1.54) is 0 Å². The molecule has 7 nitrogen and oxygen atoms in total. The topological polar surface area (TPSA) is 103 Å². The standard InChI is InChI=1S/C9H18N6O/c1-3-5-6-15(16-4-2)9-13-7(10)12-8(11)14-9/h3-6H2,1-2H3,(H4,10,11,12,13,14). The first kappa shape index (κ1) is 12.4. The van der Waals surface area contributed by atoms with Gasteiger partial charge in [0.2, 0.25) is 11.9 Å². The fraction of sp³-hybridized carbons (Fsp3) is 0.667. The van der Waals surface area contributed by atoms with E-state index in [2.05, 4.69) is 21.9 Å². The number of rotatable bonds is 6. The minimum atomic E-state index is 0.101. The van der Waals surface area contributed by atoms with Gasteiger partial charge in [0.15, 0.2) is 0 Å². The summed E-state index contributed by atoms with van der Waals surface area (Å²) >= 11 is 0. The summed E-state index contributed by atoms with van der Waals surface area (Å²) in [6.45, 7) is 5.23. The Kier molecular flexibility index (Phi) is 4.71. The Labute approximate surface area is 94.8 Å². The average Bonchev–Trinajstić information content (AvgIpc) is 2.22. The molecule has 0 spiro atoms. The van der Waals surface area contributed by atoms with Gasteiger partial charge in [0.1, 0.15) is 0 Å². The third-order valence-electron chi connectivity index (χ3n) is 1.88. The third-order valence-corrected chi connectivity index (χ3v) is 1.88. The summed E-state index contributed by atoms with van der Waals surface area (Å²) in [6, 6.07) is 0. The van der Waals surface area contributed by atoms with Gasteiger partial charge in [-0.25, -0.2) is 5.06 Å². The average molecular weight is 226 g/mol. The van der Waals surface area contributed by atoms with E-state index < -0.39 is 0 Å². The van der Waals surface area contributed by atoms with Crippen molar-refractivity contribution in [3.63, 3.8) is 0 Å². The van der Waals surface area contributed by atoms with Gasteiger partial charge in [0, 0.05) is 6.54 Å². The number of hydrogen-bond acceptors (Lipinski definition) is 7. The van der Waals surface area contributed by atoms with E-state index in [0.29, 0.717) is 19.1 Å². The molecule has 16 heavy (non-hydrogen) atoms. The van der Waals surface area contributed by atoms with E-state index >= 15 is 0 Å². The summed E-state index contributed by atoms with van der Waals surface area (Å²) in [5.41, 5.74) is 11.0. The van der Waals surface area contributed by atoms with Crippen molar-refractivity contribution >= 4 is 17.8 Å². The number of hydrogen-bond donors (Lipinski definition) is 2. The zero-order valence-corrected chi connectivity index (χ0v) is 9.68. The van der Waals surface area contributed by atoms with Crippen LogP contribution < -0.4 is 16.5 Å². The van der Waals surface area contributed by atoms with E-state index in [9.17, 15) is 0 Å². The Morgan fingerprint density at radius 3 is 2.25 bits per heavy atom. The van der Waals surface area contributed by atoms with Crippen LogP contribution in [0.25, 0.3) is 0 Å². The monoisotopic (exact) mass is 226 g/mol. The smallest absolute Gasteiger partial charge is 0.256 e. The first-order valence-corrected chi connectivity index (χ1v) is 5.34. The van der Waals surface area contributed by atoms with Crippen molar-refractivity contribution in [2.24, 2.45) is 0 Å². The second-order valence-corrected chi connectivity index (χ2v) is 3.23.